The minimum atomic E-state index is -4.73. The summed E-state index contributed by atoms with van der Waals surface area (Å²) in [7, 11) is -2.88. The second-order valence-electron chi connectivity index (χ2n) is 8.66. The lowest BCUT2D eigenvalue weighted by Crippen LogP contribution is -2.30. The van der Waals surface area contributed by atoms with Crippen LogP contribution in [-0.4, -0.2) is 30.9 Å². The molecule has 0 fully saturated rings. The van der Waals surface area contributed by atoms with Gasteiger partial charge in [0.05, 0.1) is 9.73 Å². The Labute approximate surface area is 227 Å². The van der Waals surface area contributed by atoms with Crippen molar-refractivity contribution in [1.29, 1.82) is 5.26 Å². The molecular weight excluding hydrogens is 545 g/mol. The molecule has 40 heavy (non-hydrogen) atoms. The number of nitriles is 1. The number of hydrogen-bond donors (Lipinski definition) is 1. The Balaban J connectivity index is 1.75. The van der Waals surface area contributed by atoms with E-state index < -0.39 is 32.9 Å². The first-order chi connectivity index (χ1) is 18.9. The van der Waals surface area contributed by atoms with Gasteiger partial charge in [-0.3, -0.25) is 19.6 Å². The maximum atomic E-state index is 13.5. The minimum absolute atomic E-state index is 0.00913. The molecule has 204 valence electrons. The lowest BCUT2D eigenvalue weighted by atomic mass is 10.0. The zero-order valence-electron chi connectivity index (χ0n) is 21.1. The first kappa shape index (κ1) is 28.2. The molecule has 9 nitrogen and oxygen atoms in total. The number of nitrogens with one attached hydrogen (secondary N) is 1. The monoisotopic (exact) mass is 566 g/mol. The average molecular weight is 567 g/mol. The smallest absolute Gasteiger partial charge is 0.348 e. The van der Waals surface area contributed by atoms with E-state index in [4.69, 9.17) is 5.26 Å². The summed E-state index contributed by atoms with van der Waals surface area (Å²) < 4.78 is 57.5. The first-order valence-electron chi connectivity index (χ1n) is 11.6. The number of carbonyl (C=O) groups is 1. The molecule has 0 aliphatic heterocycles. The van der Waals surface area contributed by atoms with Crippen molar-refractivity contribution in [2.75, 3.05) is 6.26 Å². The van der Waals surface area contributed by atoms with Crippen LogP contribution in [0.5, 0.6) is 0 Å². The fraction of sp³-hybridized carbons (Fsp3) is 0.148. The summed E-state index contributed by atoms with van der Waals surface area (Å²) >= 11 is 0. The van der Waals surface area contributed by atoms with Crippen molar-refractivity contribution in [3.63, 3.8) is 0 Å². The maximum absolute atomic E-state index is 13.5. The van der Waals surface area contributed by atoms with Gasteiger partial charge in [-0.25, -0.2) is 4.21 Å². The van der Waals surface area contributed by atoms with Gasteiger partial charge < -0.3 is 9.88 Å². The summed E-state index contributed by atoms with van der Waals surface area (Å²) in [6, 6.07) is 11.5. The van der Waals surface area contributed by atoms with Crippen LogP contribution < -0.4 is 10.7 Å². The van der Waals surface area contributed by atoms with Crippen LogP contribution in [0.1, 0.15) is 27.3 Å². The average Bonchev–Trinajstić information content (AvgIpc) is 2.92. The number of nitrogens with zero attached hydrogens (tertiary/aromatic N) is 5. The van der Waals surface area contributed by atoms with Crippen molar-refractivity contribution in [2.24, 2.45) is 4.36 Å². The topological polar surface area (TPSA) is 130 Å². The fourth-order valence-electron chi connectivity index (χ4n) is 3.99. The SMILES string of the molecule is Cc1c(-c2ccnc(C(F)(F)F)c2)c(=O)c(C(=O)NCc2ccc(S(C)(=O)=NC#N)cc2)cn1-c1ccncc1. The molecule has 0 radical (unpaired) electrons. The predicted octanol–water partition coefficient (Wildman–Crippen LogP) is 4.49. The van der Waals surface area contributed by atoms with E-state index in [1.54, 1.807) is 31.2 Å². The summed E-state index contributed by atoms with van der Waals surface area (Å²) in [4.78, 5) is 34.4. The lowest BCUT2D eigenvalue weighted by Gasteiger charge is -2.18. The molecule has 4 rings (SSSR count). The van der Waals surface area contributed by atoms with E-state index in [0.29, 0.717) is 21.8 Å². The summed E-state index contributed by atoms with van der Waals surface area (Å²) in [5.74, 6) is -0.748. The molecule has 1 N–H and O–H groups in total. The molecule has 1 amide bonds. The molecule has 0 spiro atoms. The second kappa shape index (κ2) is 11.1. The van der Waals surface area contributed by atoms with Gasteiger partial charge in [-0.1, -0.05) is 12.1 Å². The third-order valence-corrected chi connectivity index (χ3v) is 7.58. The second-order valence-corrected chi connectivity index (χ2v) is 10.9. The summed E-state index contributed by atoms with van der Waals surface area (Å²) in [5.41, 5.74) is -0.874. The maximum Gasteiger partial charge on any atom is 0.433 e. The number of rotatable bonds is 6. The molecule has 0 saturated heterocycles. The number of benzene rings is 1. The quantitative estimate of drug-likeness (QED) is 0.342. The van der Waals surface area contributed by atoms with E-state index in [9.17, 15) is 27.0 Å². The van der Waals surface area contributed by atoms with E-state index in [-0.39, 0.29) is 23.2 Å². The highest BCUT2D eigenvalue weighted by Crippen LogP contribution is 2.31. The number of amides is 1. The largest absolute Gasteiger partial charge is 0.433 e. The molecule has 0 bridgehead atoms. The number of halogens is 3. The molecule has 3 heterocycles. The summed E-state index contributed by atoms with van der Waals surface area (Å²) in [5, 5.41) is 11.4. The molecule has 1 atom stereocenters. The van der Waals surface area contributed by atoms with Gasteiger partial charge in [0.1, 0.15) is 11.3 Å². The van der Waals surface area contributed by atoms with Crippen LogP contribution in [0, 0.1) is 18.4 Å². The molecule has 1 unspecified atom stereocenters. The number of hydrogen-bond acceptors (Lipinski definition) is 7. The zero-order valence-corrected chi connectivity index (χ0v) is 22.0. The molecule has 13 heteroatoms. The van der Waals surface area contributed by atoms with E-state index in [0.717, 1.165) is 12.3 Å². The Hall–Kier alpha value is -4.83. The standard InChI is InChI=1S/C27H21F3N6O3S/c1-17-24(19-7-12-33-23(13-19)27(28,29)30)25(37)22(15-36(17)20-8-10-32-11-9-20)26(38)34-14-18-3-5-21(6-4-18)40(2,39)35-16-31/h3-13,15H,14H2,1-2H3,(H,34,38). The molecule has 0 saturated carbocycles. The van der Waals surface area contributed by atoms with Crippen LogP contribution in [-0.2, 0) is 22.5 Å². The van der Waals surface area contributed by atoms with Crippen LogP contribution in [0.15, 0.2) is 87.4 Å². The highest BCUT2D eigenvalue weighted by molar-refractivity contribution is 7.93. The summed E-state index contributed by atoms with van der Waals surface area (Å²) in [6.07, 6.45) is 3.43. The third-order valence-electron chi connectivity index (χ3n) is 6.01. The predicted molar refractivity (Wildman–Crippen MR) is 141 cm³/mol. The van der Waals surface area contributed by atoms with Gasteiger partial charge in [-0.2, -0.15) is 18.4 Å². The highest BCUT2D eigenvalue weighted by atomic mass is 32.2. The van der Waals surface area contributed by atoms with Gasteiger partial charge in [0, 0.05) is 59.4 Å². The normalized spacial score (nSPS) is 12.7. The number of carbonyl (C=O) groups excluding carboxylic acids is 1. The molecule has 1 aromatic carbocycles. The van der Waals surface area contributed by atoms with Crippen LogP contribution in [0.25, 0.3) is 16.8 Å². The molecule has 0 aliphatic carbocycles. The van der Waals surface area contributed by atoms with Crippen molar-refractivity contribution in [3.05, 3.63) is 106 Å². The molecule has 4 aromatic rings. The molecular formula is C27H21F3N6O3S. The molecule has 3 aromatic heterocycles. The highest BCUT2D eigenvalue weighted by Gasteiger charge is 2.33. The van der Waals surface area contributed by atoms with Crippen LogP contribution in [0.2, 0.25) is 0 Å². The van der Waals surface area contributed by atoms with Crippen molar-refractivity contribution >= 4 is 15.6 Å². The van der Waals surface area contributed by atoms with E-state index in [1.165, 1.54) is 53.8 Å². The van der Waals surface area contributed by atoms with Crippen molar-refractivity contribution in [3.8, 4) is 23.0 Å². The van der Waals surface area contributed by atoms with E-state index >= 15 is 0 Å². The van der Waals surface area contributed by atoms with E-state index in [2.05, 4.69) is 19.6 Å². The van der Waals surface area contributed by atoms with E-state index in [1.807, 2.05) is 0 Å². The van der Waals surface area contributed by atoms with Gasteiger partial charge in [-0.05, 0) is 54.4 Å². The Morgan fingerprint density at radius 2 is 1.80 bits per heavy atom. The zero-order chi connectivity index (χ0) is 29.1. The number of aromatic nitrogens is 3. The molecule has 0 aliphatic rings. The Morgan fingerprint density at radius 1 is 1.12 bits per heavy atom. The van der Waals surface area contributed by atoms with Gasteiger partial charge in [0.25, 0.3) is 5.91 Å². The van der Waals surface area contributed by atoms with Gasteiger partial charge in [0.2, 0.25) is 11.6 Å². The van der Waals surface area contributed by atoms with Crippen molar-refractivity contribution < 1.29 is 22.2 Å². The van der Waals surface area contributed by atoms with Crippen molar-refractivity contribution in [1.82, 2.24) is 19.9 Å². The Kier molecular flexibility index (Phi) is 7.83. The van der Waals surface area contributed by atoms with Crippen LogP contribution >= 0.6 is 0 Å². The summed E-state index contributed by atoms with van der Waals surface area (Å²) in [6.45, 7) is 1.56. The van der Waals surface area contributed by atoms with Gasteiger partial charge in [-0.15, -0.1) is 4.36 Å². The number of pyridine rings is 3. The number of alkyl halides is 3. The minimum Gasteiger partial charge on any atom is -0.348 e. The third kappa shape index (κ3) is 5.92. The Morgan fingerprint density at radius 3 is 2.42 bits per heavy atom. The van der Waals surface area contributed by atoms with Crippen molar-refractivity contribution in [2.45, 2.75) is 24.5 Å². The Bertz CT molecular complexity index is 1800. The van der Waals surface area contributed by atoms with Crippen LogP contribution in [0.4, 0.5) is 13.2 Å². The lowest BCUT2D eigenvalue weighted by molar-refractivity contribution is -0.141. The van der Waals surface area contributed by atoms with Gasteiger partial charge in [0.15, 0.2) is 0 Å². The first-order valence-corrected chi connectivity index (χ1v) is 13.5. The fourth-order valence-corrected chi connectivity index (χ4v) is 4.89. The van der Waals surface area contributed by atoms with Gasteiger partial charge >= 0.3 is 6.18 Å². The van der Waals surface area contributed by atoms with Crippen LogP contribution in [0.3, 0.4) is 0 Å².